The number of carbonyl (C=O) groups excluding carboxylic acids is 3. The van der Waals surface area contributed by atoms with E-state index in [1.54, 1.807) is 91.3 Å². The Bertz CT molecular complexity index is 1540. The molecule has 0 aliphatic rings. The third-order valence-electron chi connectivity index (χ3n) is 5.68. The van der Waals surface area contributed by atoms with Crippen molar-refractivity contribution in [3.8, 4) is 11.5 Å². The fourth-order valence-electron chi connectivity index (χ4n) is 3.65. The van der Waals surface area contributed by atoms with Crippen LogP contribution in [0.3, 0.4) is 0 Å². The molecule has 11 heteroatoms. The summed E-state index contributed by atoms with van der Waals surface area (Å²) in [6.45, 7) is 1.79. The third kappa shape index (κ3) is 8.19. The van der Waals surface area contributed by atoms with Gasteiger partial charge in [0, 0.05) is 27.7 Å². The number of hydrogen-bond donors (Lipinski definition) is 3. The van der Waals surface area contributed by atoms with Gasteiger partial charge in [-0.25, -0.2) is 4.98 Å². The molecule has 41 heavy (non-hydrogen) atoms. The van der Waals surface area contributed by atoms with E-state index in [1.807, 2.05) is 6.07 Å². The first kappa shape index (κ1) is 29.4. The van der Waals surface area contributed by atoms with Crippen LogP contribution in [-0.2, 0) is 9.59 Å². The maximum atomic E-state index is 13.5. The zero-order chi connectivity index (χ0) is 29.2. The SMILES string of the molecule is COc1ccc(/C=C(/NC(=O)c2ccccc2)C(=O)Nc2cccc(SC(C)C(=O)Nc3nccs3)c2)cc1OC. The molecule has 4 aromatic rings. The van der Waals surface area contributed by atoms with Crippen molar-refractivity contribution < 1.29 is 23.9 Å². The lowest BCUT2D eigenvalue weighted by Gasteiger charge is -2.14. The summed E-state index contributed by atoms with van der Waals surface area (Å²) < 4.78 is 10.7. The molecule has 0 fully saturated rings. The molecular weight excluding hydrogens is 560 g/mol. The Hall–Kier alpha value is -4.61. The molecule has 0 bridgehead atoms. The molecule has 3 N–H and O–H groups in total. The van der Waals surface area contributed by atoms with Crippen LogP contribution in [-0.4, -0.2) is 42.2 Å². The average molecular weight is 589 g/mol. The van der Waals surface area contributed by atoms with Crippen molar-refractivity contribution in [3.05, 3.63) is 101 Å². The number of nitrogens with one attached hydrogen (secondary N) is 3. The van der Waals surface area contributed by atoms with Gasteiger partial charge in [-0.2, -0.15) is 0 Å². The minimum Gasteiger partial charge on any atom is -0.493 e. The Morgan fingerprint density at radius 3 is 2.41 bits per heavy atom. The van der Waals surface area contributed by atoms with Crippen LogP contribution in [0, 0.1) is 0 Å². The molecule has 1 aromatic heterocycles. The Balaban J connectivity index is 1.53. The summed E-state index contributed by atoms with van der Waals surface area (Å²) in [5, 5.41) is 10.3. The maximum Gasteiger partial charge on any atom is 0.272 e. The number of thioether (sulfide) groups is 1. The summed E-state index contributed by atoms with van der Waals surface area (Å²) >= 11 is 2.69. The van der Waals surface area contributed by atoms with Crippen LogP contribution in [0.15, 0.2) is 95.0 Å². The molecule has 210 valence electrons. The van der Waals surface area contributed by atoms with Crippen molar-refractivity contribution in [1.82, 2.24) is 10.3 Å². The molecule has 1 atom stereocenters. The van der Waals surface area contributed by atoms with Gasteiger partial charge in [-0.15, -0.1) is 23.1 Å². The molecule has 0 aliphatic heterocycles. The molecule has 3 aromatic carbocycles. The first-order valence-electron chi connectivity index (χ1n) is 12.4. The van der Waals surface area contributed by atoms with Gasteiger partial charge in [-0.3, -0.25) is 14.4 Å². The highest BCUT2D eigenvalue weighted by molar-refractivity contribution is 8.00. The number of amides is 3. The standard InChI is InChI=1S/C30H28N4O5S2/c1-19(27(35)34-30-31-14-15-40-30)41-23-11-7-10-22(18-23)32-29(37)24(33-28(36)21-8-5-4-6-9-21)16-20-12-13-25(38-2)26(17-20)39-3/h4-19H,1-3H3,(H,32,37)(H,33,36)(H,31,34,35)/b24-16+. The minimum absolute atomic E-state index is 0.0281. The van der Waals surface area contributed by atoms with E-state index in [2.05, 4.69) is 20.9 Å². The van der Waals surface area contributed by atoms with E-state index in [0.29, 0.717) is 33.4 Å². The second-order valence-corrected chi connectivity index (χ2v) is 10.9. The van der Waals surface area contributed by atoms with Gasteiger partial charge in [-0.1, -0.05) is 30.3 Å². The van der Waals surface area contributed by atoms with E-state index in [9.17, 15) is 14.4 Å². The largest absolute Gasteiger partial charge is 0.493 e. The molecule has 1 unspecified atom stereocenters. The third-order valence-corrected chi connectivity index (χ3v) is 7.47. The number of carbonyl (C=O) groups is 3. The summed E-state index contributed by atoms with van der Waals surface area (Å²) in [5.74, 6) is -0.123. The van der Waals surface area contributed by atoms with Crippen molar-refractivity contribution in [3.63, 3.8) is 0 Å². The van der Waals surface area contributed by atoms with Crippen LogP contribution in [0.1, 0.15) is 22.8 Å². The normalized spacial score (nSPS) is 11.7. The zero-order valence-electron chi connectivity index (χ0n) is 22.5. The molecule has 0 radical (unpaired) electrons. The number of ether oxygens (including phenoxy) is 2. The predicted molar refractivity (Wildman–Crippen MR) is 163 cm³/mol. The van der Waals surface area contributed by atoms with Gasteiger partial charge in [0.25, 0.3) is 11.8 Å². The zero-order valence-corrected chi connectivity index (χ0v) is 24.2. The van der Waals surface area contributed by atoms with E-state index in [-0.39, 0.29) is 11.6 Å². The maximum absolute atomic E-state index is 13.5. The Labute approximate surface area is 246 Å². The molecule has 1 heterocycles. The quantitative estimate of drug-likeness (QED) is 0.152. The van der Waals surface area contributed by atoms with Crippen molar-refractivity contribution in [2.24, 2.45) is 0 Å². The van der Waals surface area contributed by atoms with Gasteiger partial charge in [-0.05, 0) is 61.0 Å². The number of rotatable bonds is 11. The first-order valence-corrected chi connectivity index (χ1v) is 14.2. The van der Waals surface area contributed by atoms with Crippen molar-refractivity contribution in [2.75, 3.05) is 24.9 Å². The minimum atomic E-state index is -0.527. The van der Waals surface area contributed by atoms with E-state index in [4.69, 9.17) is 9.47 Å². The summed E-state index contributed by atoms with van der Waals surface area (Å²) in [6.07, 6.45) is 3.18. The highest BCUT2D eigenvalue weighted by Crippen LogP contribution is 2.29. The van der Waals surface area contributed by atoms with Gasteiger partial charge in [0.2, 0.25) is 5.91 Å². The van der Waals surface area contributed by atoms with Crippen LogP contribution >= 0.6 is 23.1 Å². The lowest BCUT2D eigenvalue weighted by Crippen LogP contribution is -2.30. The first-order chi connectivity index (χ1) is 19.9. The molecule has 4 rings (SSSR count). The Morgan fingerprint density at radius 2 is 1.71 bits per heavy atom. The second-order valence-electron chi connectivity index (χ2n) is 8.56. The second kappa shape index (κ2) is 14.1. The Kier molecular flexibility index (Phi) is 10.1. The van der Waals surface area contributed by atoms with E-state index in [1.165, 1.54) is 37.3 Å². The average Bonchev–Trinajstić information content (AvgIpc) is 3.50. The lowest BCUT2D eigenvalue weighted by molar-refractivity contribution is -0.115. The van der Waals surface area contributed by atoms with Gasteiger partial charge in [0.1, 0.15) is 5.70 Å². The molecule has 9 nitrogen and oxygen atoms in total. The van der Waals surface area contributed by atoms with Gasteiger partial charge < -0.3 is 25.4 Å². The summed E-state index contributed by atoms with van der Waals surface area (Å²) in [7, 11) is 3.05. The van der Waals surface area contributed by atoms with Crippen LogP contribution in [0.25, 0.3) is 6.08 Å². The van der Waals surface area contributed by atoms with Crippen LogP contribution in [0.2, 0.25) is 0 Å². The van der Waals surface area contributed by atoms with Crippen molar-refractivity contribution >= 4 is 57.7 Å². The number of nitrogens with zero attached hydrogens (tertiary/aromatic N) is 1. The Morgan fingerprint density at radius 1 is 0.927 bits per heavy atom. The smallest absolute Gasteiger partial charge is 0.272 e. The molecule has 3 amide bonds. The topological polar surface area (TPSA) is 119 Å². The number of benzene rings is 3. The molecule has 0 spiro atoms. The van der Waals surface area contributed by atoms with Gasteiger partial charge in [0.15, 0.2) is 16.6 Å². The lowest BCUT2D eigenvalue weighted by atomic mass is 10.1. The van der Waals surface area contributed by atoms with Crippen LogP contribution in [0.5, 0.6) is 11.5 Å². The van der Waals surface area contributed by atoms with Gasteiger partial charge >= 0.3 is 0 Å². The number of anilines is 2. The highest BCUT2D eigenvalue weighted by Gasteiger charge is 2.18. The van der Waals surface area contributed by atoms with E-state index in [0.717, 1.165) is 4.90 Å². The number of hydrogen-bond acceptors (Lipinski definition) is 8. The summed E-state index contributed by atoms with van der Waals surface area (Å²) in [4.78, 5) is 43.8. The van der Waals surface area contributed by atoms with Crippen LogP contribution < -0.4 is 25.4 Å². The van der Waals surface area contributed by atoms with E-state index < -0.39 is 17.1 Å². The van der Waals surface area contributed by atoms with Gasteiger partial charge in [0.05, 0.1) is 19.5 Å². The highest BCUT2D eigenvalue weighted by atomic mass is 32.2. The van der Waals surface area contributed by atoms with E-state index >= 15 is 0 Å². The van der Waals surface area contributed by atoms with Crippen LogP contribution in [0.4, 0.5) is 10.8 Å². The summed E-state index contributed by atoms with van der Waals surface area (Å²) in [5.41, 5.74) is 1.55. The predicted octanol–water partition coefficient (Wildman–Crippen LogP) is 5.69. The molecule has 0 aliphatic carbocycles. The number of aromatic nitrogens is 1. The van der Waals surface area contributed by atoms with Crippen molar-refractivity contribution in [2.45, 2.75) is 17.1 Å². The number of methoxy groups -OCH3 is 2. The summed E-state index contributed by atoms with van der Waals surface area (Å²) in [6, 6.07) is 20.9. The van der Waals surface area contributed by atoms with Crippen molar-refractivity contribution in [1.29, 1.82) is 0 Å². The monoisotopic (exact) mass is 588 g/mol. The fraction of sp³-hybridized carbons (Fsp3) is 0.133. The fourth-order valence-corrected chi connectivity index (χ4v) is 5.11. The molecular formula is C30H28N4O5S2. The number of thiazole rings is 1. The molecule has 0 saturated heterocycles. The molecule has 0 saturated carbocycles.